The number of esters is 1. The van der Waals surface area contributed by atoms with Crippen LogP contribution in [0.1, 0.15) is 42.0 Å². The lowest BCUT2D eigenvalue weighted by Crippen LogP contribution is -2.31. The number of hydrogen-bond acceptors (Lipinski definition) is 6. The molecule has 0 saturated heterocycles. The number of nitrogens with one attached hydrogen (secondary N) is 1. The molecular formula is C19H26N2O5S2. The molecule has 2 aromatic rings. The highest BCUT2D eigenvalue weighted by atomic mass is 32.2. The van der Waals surface area contributed by atoms with Crippen LogP contribution in [0.25, 0.3) is 0 Å². The number of aromatic nitrogens is 1. The molecule has 28 heavy (non-hydrogen) atoms. The van der Waals surface area contributed by atoms with Gasteiger partial charge in [0.2, 0.25) is 5.78 Å². The summed E-state index contributed by atoms with van der Waals surface area (Å²) in [4.78, 5) is 24.3. The topological polar surface area (TPSA) is 94.5 Å². The van der Waals surface area contributed by atoms with Crippen LogP contribution < -0.4 is 4.72 Å². The standard InChI is InChI=1S/C19H26N2O5S2/c1-13(2)7-8-21-14(3)10-16(15(21)4)17(22)12-26-18(23)11-20-28(24,25)19-6-5-9-27-19/h5-6,9-10,13,20H,7-8,11-12H2,1-4H3. The predicted molar refractivity (Wildman–Crippen MR) is 108 cm³/mol. The van der Waals surface area contributed by atoms with Crippen molar-refractivity contribution < 1.29 is 22.7 Å². The molecule has 0 amide bonds. The zero-order chi connectivity index (χ0) is 20.9. The van der Waals surface area contributed by atoms with Crippen molar-refractivity contribution in [2.45, 2.75) is 44.9 Å². The number of carbonyl (C=O) groups is 2. The van der Waals surface area contributed by atoms with E-state index in [4.69, 9.17) is 4.74 Å². The number of rotatable bonds is 10. The lowest BCUT2D eigenvalue weighted by atomic mass is 10.1. The largest absolute Gasteiger partial charge is 0.456 e. The van der Waals surface area contributed by atoms with Gasteiger partial charge in [-0.2, -0.15) is 4.72 Å². The van der Waals surface area contributed by atoms with E-state index in [0.29, 0.717) is 11.5 Å². The highest BCUT2D eigenvalue weighted by Gasteiger charge is 2.20. The first-order valence-corrected chi connectivity index (χ1v) is 11.4. The molecule has 0 radical (unpaired) electrons. The first-order valence-electron chi connectivity index (χ1n) is 9.00. The normalized spacial score (nSPS) is 11.8. The Morgan fingerprint density at radius 2 is 2.00 bits per heavy atom. The number of hydrogen-bond donors (Lipinski definition) is 1. The summed E-state index contributed by atoms with van der Waals surface area (Å²) in [6.45, 7) is 7.98. The van der Waals surface area contributed by atoms with Crippen molar-refractivity contribution in [2.75, 3.05) is 13.2 Å². The molecule has 0 saturated carbocycles. The molecule has 0 aliphatic carbocycles. The summed E-state index contributed by atoms with van der Waals surface area (Å²) in [5.74, 6) is -0.556. The lowest BCUT2D eigenvalue weighted by Gasteiger charge is -2.11. The van der Waals surface area contributed by atoms with Crippen molar-refractivity contribution >= 4 is 33.1 Å². The van der Waals surface area contributed by atoms with Crippen LogP contribution in [0.3, 0.4) is 0 Å². The van der Waals surface area contributed by atoms with Crippen LogP contribution in [0.2, 0.25) is 0 Å². The first-order chi connectivity index (χ1) is 13.1. The van der Waals surface area contributed by atoms with E-state index in [1.807, 2.05) is 13.8 Å². The molecule has 0 bridgehead atoms. The molecule has 0 atom stereocenters. The molecule has 9 heteroatoms. The molecule has 154 valence electrons. The van der Waals surface area contributed by atoms with Crippen LogP contribution in [0.5, 0.6) is 0 Å². The van der Waals surface area contributed by atoms with Crippen LogP contribution in [0, 0.1) is 19.8 Å². The number of carbonyl (C=O) groups excluding carboxylic acids is 2. The summed E-state index contributed by atoms with van der Waals surface area (Å²) in [6.07, 6.45) is 1.00. The van der Waals surface area contributed by atoms with Gasteiger partial charge in [0.25, 0.3) is 10.0 Å². The average molecular weight is 427 g/mol. The first kappa shape index (κ1) is 22.3. The number of nitrogens with zero attached hydrogens (tertiary/aromatic N) is 1. The maximum Gasteiger partial charge on any atom is 0.321 e. The molecule has 2 heterocycles. The summed E-state index contributed by atoms with van der Waals surface area (Å²) < 4.78 is 33.3. The van der Waals surface area contributed by atoms with E-state index in [9.17, 15) is 18.0 Å². The second kappa shape index (κ2) is 9.49. The van der Waals surface area contributed by atoms with Gasteiger partial charge in [0.1, 0.15) is 10.8 Å². The van der Waals surface area contributed by atoms with Crippen LogP contribution in [0.15, 0.2) is 27.8 Å². The summed E-state index contributed by atoms with van der Waals surface area (Å²) >= 11 is 1.05. The number of ether oxygens (including phenoxy) is 1. The average Bonchev–Trinajstić information content (AvgIpc) is 3.26. The minimum absolute atomic E-state index is 0.116. The third kappa shape index (κ3) is 5.76. The summed E-state index contributed by atoms with van der Waals surface area (Å²) in [6, 6.07) is 4.84. The maximum absolute atomic E-state index is 12.4. The van der Waals surface area contributed by atoms with E-state index in [1.165, 1.54) is 6.07 Å². The van der Waals surface area contributed by atoms with Crippen molar-refractivity contribution in [2.24, 2.45) is 5.92 Å². The number of sulfonamides is 1. The van der Waals surface area contributed by atoms with Gasteiger partial charge in [-0.1, -0.05) is 19.9 Å². The fraction of sp³-hybridized carbons (Fsp3) is 0.474. The highest BCUT2D eigenvalue weighted by Crippen LogP contribution is 2.18. The molecule has 0 aliphatic rings. The third-order valence-electron chi connectivity index (χ3n) is 4.33. The Balaban J connectivity index is 1.90. The monoisotopic (exact) mass is 426 g/mol. The molecule has 0 spiro atoms. The van der Waals surface area contributed by atoms with Gasteiger partial charge in [0.15, 0.2) is 6.61 Å². The van der Waals surface area contributed by atoms with Crippen LogP contribution >= 0.6 is 11.3 Å². The van der Waals surface area contributed by atoms with E-state index in [2.05, 4.69) is 23.1 Å². The summed E-state index contributed by atoms with van der Waals surface area (Å²) in [5.41, 5.74) is 2.35. The molecule has 0 unspecified atom stereocenters. The number of Topliss-reactive ketones (excluding diaryl/α,β-unsaturated/α-hetero) is 1. The van der Waals surface area contributed by atoms with Crippen molar-refractivity contribution in [1.29, 1.82) is 0 Å². The van der Waals surface area contributed by atoms with Crippen molar-refractivity contribution in [3.05, 3.63) is 40.5 Å². The number of ketones is 1. The van der Waals surface area contributed by atoms with Gasteiger partial charge in [-0.05, 0) is 43.7 Å². The Morgan fingerprint density at radius 3 is 2.61 bits per heavy atom. The van der Waals surface area contributed by atoms with E-state index in [0.717, 1.165) is 35.7 Å². The molecule has 0 aliphatic heterocycles. The highest BCUT2D eigenvalue weighted by molar-refractivity contribution is 7.91. The smallest absolute Gasteiger partial charge is 0.321 e. The Hall–Kier alpha value is -1.97. The second-order valence-electron chi connectivity index (χ2n) is 6.96. The van der Waals surface area contributed by atoms with Gasteiger partial charge in [-0.3, -0.25) is 9.59 Å². The van der Waals surface area contributed by atoms with E-state index >= 15 is 0 Å². The van der Waals surface area contributed by atoms with E-state index in [-0.39, 0.29) is 9.99 Å². The van der Waals surface area contributed by atoms with Crippen molar-refractivity contribution in [1.82, 2.24) is 9.29 Å². The zero-order valence-corrected chi connectivity index (χ0v) is 18.2. The number of aryl methyl sites for hydroxylation is 1. The third-order valence-corrected chi connectivity index (χ3v) is 7.13. The lowest BCUT2D eigenvalue weighted by molar-refractivity contribution is -0.141. The van der Waals surface area contributed by atoms with Gasteiger partial charge >= 0.3 is 5.97 Å². The Kier molecular flexibility index (Phi) is 7.56. The molecule has 2 rings (SSSR count). The summed E-state index contributed by atoms with van der Waals surface area (Å²) in [7, 11) is -3.75. The SMILES string of the molecule is Cc1cc(C(=O)COC(=O)CNS(=O)(=O)c2cccs2)c(C)n1CCC(C)C. The summed E-state index contributed by atoms with van der Waals surface area (Å²) in [5, 5.41) is 1.63. The van der Waals surface area contributed by atoms with Gasteiger partial charge in [-0.15, -0.1) is 11.3 Å². The van der Waals surface area contributed by atoms with Crippen LogP contribution in [0.4, 0.5) is 0 Å². The quantitative estimate of drug-likeness (QED) is 0.466. The maximum atomic E-state index is 12.4. The minimum atomic E-state index is -3.75. The van der Waals surface area contributed by atoms with Gasteiger partial charge < -0.3 is 9.30 Å². The molecule has 7 nitrogen and oxygen atoms in total. The molecular weight excluding hydrogens is 400 g/mol. The van der Waals surface area contributed by atoms with Crippen LogP contribution in [-0.4, -0.2) is 37.9 Å². The van der Waals surface area contributed by atoms with Gasteiger partial charge in [0, 0.05) is 23.5 Å². The minimum Gasteiger partial charge on any atom is -0.456 e. The molecule has 2 aromatic heterocycles. The van der Waals surface area contributed by atoms with E-state index in [1.54, 1.807) is 17.5 Å². The molecule has 1 N–H and O–H groups in total. The Morgan fingerprint density at radius 1 is 1.29 bits per heavy atom. The Labute approximate surface area is 169 Å². The van der Waals surface area contributed by atoms with Gasteiger partial charge in [0.05, 0.1) is 0 Å². The van der Waals surface area contributed by atoms with Crippen LogP contribution in [-0.2, 0) is 26.1 Å². The van der Waals surface area contributed by atoms with Crippen molar-refractivity contribution in [3.8, 4) is 0 Å². The van der Waals surface area contributed by atoms with E-state index < -0.39 is 29.1 Å². The van der Waals surface area contributed by atoms with Gasteiger partial charge in [-0.25, -0.2) is 8.42 Å². The predicted octanol–water partition coefficient (Wildman–Crippen LogP) is 2.92. The Bertz CT molecular complexity index is 928. The fourth-order valence-corrected chi connectivity index (χ4v) is 4.74. The zero-order valence-electron chi connectivity index (χ0n) is 16.5. The van der Waals surface area contributed by atoms with Crippen molar-refractivity contribution in [3.63, 3.8) is 0 Å². The molecule has 0 fully saturated rings. The second-order valence-corrected chi connectivity index (χ2v) is 9.90. The fourth-order valence-electron chi connectivity index (χ4n) is 2.73. The number of thiophene rings is 1. The molecule has 0 aromatic carbocycles.